The molecule has 1 aromatic carbocycles. The molecule has 0 fully saturated rings. The van der Waals surface area contributed by atoms with Crippen LogP contribution in [0.2, 0.25) is 0 Å². The Morgan fingerprint density at radius 3 is 2.40 bits per heavy atom. The molecule has 216 valence electrons. The van der Waals surface area contributed by atoms with E-state index >= 15 is 0 Å². The molecule has 9 nitrogen and oxygen atoms in total. The molecule has 3 rings (SSSR count). The molecule has 2 N–H and O–H groups in total. The number of amides is 2. The van der Waals surface area contributed by atoms with Crippen LogP contribution in [0.25, 0.3) is 23.0 Å². The lowest BCUT2D eigenvalue weighted by Gasteiger charge is -2.19. The van der Waals surface area contributed by atoms with Gasteiger partial charge >= 0.3 is 6.09 Å². The molecular formula is C31H43N5O4. The number of aromatic nitrogens is 3. The van der Waals surface area contributed by atoms with Crippen molar-refractivity contribution in [1.29, 1.82) is 0 Å². The molecule has 0 aliphatic carbocycles. The van der Waals surface area contributed by atoms with Gasteiger partial charge in [-0.3, -0.25) is 9.78 Å². The Hall–Kier alpha value is -3.75. The van der Waals surface area contributed by atoms with Crippen molar-refractivity contribution in [3.05, 3.63) is 52.2 Å². The number of alkyl carbamates (subject to hydrolysis) is 1. The molecule has 3 aromatic rings. The van der Waals surface area contributed by atoms with Crippen LogP contribution in [0.4, 0.5) is 4.79 Å². The van der Waals surface area contributed by atoms with Gasteiger partial charge in [0.25, 0.3) is 5.89 Å². The van der Waals surface area contributed by atoms with Crippen LogP contribution in [0.1, 0.15) is 75.8 Å². The fourth-order valence-corrected chi connectivity index (χ4v) is 4.50. The van der Waals surface area contributed by atoms with Crippen LogP contribution < -0.4 is 10.6 Å². The summed E-state index contributed by atoms with van der Waals surface area (Å²) >= 11 is 0. The Morgan fingerprint density at radius 1 is 1.02 bits per heavy atom. The number of ether oxygens (including phenoxy) is 1. The Balaban J connectivity index is 1.61. The fraction of sp³-hybridized carbons (Fsp3) is 0.516. The third kappa shape index (κ3) is 8.89. The molecule has 0 unspecified atom stereocenters. The third-order valence-electron chi connectivity index (χ3n) is 6.41. The van der Waals surface area contributed by atoms with Gasteiger partial charge in [-0.1, -0.05) is 25.9 Å². The molecule has 2 heterocycles. The molecule has 0 saturated heterocycles. The maximum Gasteiger partial charge on any atom is 0.407 e. The minimum absolute atomic E-state index is 0.0680. The second-order valence-electron chi connectivity index (χ2n) is 11.6. The Morgan fingerprint density at radius 2 is 1.75 bits per heavy atom. The van der Waals surface area contributed by atoms with Crippen LogP contribution >= 0.6 is 0 Å². The zero-order chi connectivity index (χ0) is 29.4. The molecule has 0 radical (unpaired) electrons. The van der Waals surface area contributed by atoms with Crippen molar-refractivity contribution in [2.45, 2.75) is 86.7 Å². The van der Waals surface area contributed by atoms with E-state index in [1.54, 1.807) is 20.8 Å². The molecular weight excluding hydrogens is 506 g/mol. The van der Waals surface area contributed by atoms with E-state index in [1.807, 2.05) is 25.3 Å². The van der Waals surface area contributed by atoms with Gasteiger partial charge in [-0.2, -0.15) is 4.98 Å². The number of nitrogens with one attached hydrogen (secondary N) is 2. The molecule has 9 heteroatoms. The molecule has 2 aromatic heterocycles. The number of pyridine rings is 1. The molecule has 0 saturated carbocycles. The zero-order valence-electron chi connectivity index (χ0n) is 25.1. The second-order valence-corrected chi connectivity index (χ2v) is 11.6. The van der Waals surface area contributed by atoms with Crippen LogP contribution in [0.3, 0.4) is 0 Å². The van der Waals surface area contributed by atoms with E-state index in [-0.39, 0.29) is 5.91 Å². The van der Waals surface area contributed by atoms with Gasteiger partial charge in [0.15, 0.2) is 0 Å². The number of aryl methyl sites for hydroxylation is 3. The van der Waals surface area contributed by atoms with E-state index in [0.29, 0.717) is 49.3 Å². The lowest BCUT2D eigenvalue weighted by molar-refractivity contribution is -0.121. The Bertz CT molecular complexity index is 1320. The molecule has 0 spiro atoms. The van der Waals surface area contributed by atoms with Gasteiger partial charge in [0.1, 0.15) is 11.3 Å². The van der Waals surface area contributed by atoms with Crippen molar-refractivity contribution in [2.75, 3.05) is 13.1 Å². The first-order valence-corrected chi connectivity index (χ1v) is 14.0. The van der Waals surface area contributed by atoms with Crippen molar-refractivity contribution in [2.24, 2.45) is 5.92 Å². The first-order chi connectivity index (χ1) is 18.9. The summed E-state index contributed by atoms with van der Waals surface area (Å²) in [6, 6.07) is 6.11. The molecule has 0 atom stereocenters. The largest absolute Gasteiger partial charge is 0.444 e. The maximum atomic E-state index is 12.4. The van der Waals surface area contributed by atoms with Gasteiger partial charge in [0.2, 0.25) is 11.7 Å². The van der Waals surface area contributed by atoms with E-state index in [1.165, 1.54) is 5.56 Å². The topological polar surface area (TPSA) is 119 Å². The smallest absolute Gasteiger partial charge is 0.407 e. The standard InChI is InChI=1S/C31H43N5O4/c1-9-22-17-23(28-35-29(40-36-28)26-16-20(4)24(18-34-26)14-19(2)3)15-21(5)25(22)10-11-27(37)32-12-13-33-30(38)39-31(6,7)8/h15-19H,9-14H2,1-8H3,(H,32,37)(H,33,38). The Kier molecular flexibility index (Phi) is 10.4. The SMILES string of the molecule is CCc1cc(-c2noc(-c3cc(C)c(CC(C)C)cn3)n2)cc(C)c1CCC(=O)NCCNC(=O)OC(C)(C)C. The molecule has 0 aliphatic heterocycles. The predicted molar refractivity (Wildman–Crippen MR) is 156 cm³/mol. The van der Waals surface area contributed by atoms with Crippen molar-refractivity contribution < 1.29 is 18.8 Å². The van der Waals surface area contributed by atoms with E-state index in [0.717, 1.165) is 40.7 Å². The highest BCUT2D eigenvalue weighted by Crippen LogP contribution is 2.28. The van der Waals surface area contributed by atoms with E-state index in [2.05, 4.69) is 59.5 Å². The van der Waals surface area contributed by atoms with Gasteiger partial charge in [-0.15, -0.1) is 0 Å². The van der Waals surface area contributed by atoms with Crippen LogP contribution in [0, 0.1) is 19.8 Å². The summed E-state index contributed by atoms with van der Waals surface area (Å²) in [5, 5.41) is 9.72. The normalized spacial score (nSPS) is 11.5. The summed E-state index contributed by atoms with van der Waals surface area (Å²) in [5.41, 5.74) is 6.74. The summed E-state index contributed by atoms with van der Waals surface area (Å²) < 4.78 is 10.8. The number of carbonyl (C=O) groups excluding carboxylic acids is 2. The van der Waals surface area contributed by atoms with Gasteiger partial charge in [0.05, 0.1) is 0 Å². The van der Waals surface area contributed by atoms with Gasteiger partial charge < -0.3 is 19.9 Å². The van der Waals surface area contributed by atoms with Gasteiger partial charge in [-0.25, -0.2) is 4.79 Å². The van der Waals surface area contributed by atoms with Crippen LogP contribution in [0.15, 0.2) is 28.9 Å². The summed E-state index contributed by atoms with van der Waals surface area (Å²) in [4.78, 5) is 33.3. The highest BCUT2D eigenvalue weighted by atomic mass is 16.6. The van der Waals surface area contributed by atoms with Crippen molar-refractivity contribution in [1.82, 2.24) is 25.8 Å². The first-order valence-electron chi connectivity index (χ1n) is 14.0. The fourth-order valence-electron chi connectivity index (χ4n) is 4.50. The van der Waals surface area contributed by atoms with Crippen molar-refractivity contribution >= 4 is 12.0 Å². The predicted octanol–water partition coefficient (Wildman–Crippen LogP) is 5.75. The first kappa shape index (κ1) is 30.8. The number of hydrogen-bond donors (Lipinski definition) is 2. The molecule has 2 amide bonds. The summed E-state index contributed by atoms with van der Waals surface area (Å²) in [6.07, 6.45) is 4.16. The number of rotatable bonds is 11. The monoisotopic (exact) mass is 549 g/mol. The summed E-state index contributed by atoms with van der Waals surface area (Å²) in [5.74, 6) is 1.40. The number of benzene rings is 1. The number of nitrogens with zero attached hydrogens (tertiary/aromatic N) is 3. The summed E-state index contributed by atoms with van der Waals surface area (Å²) in [6.45, 7) is 16.7. The van der Waals surface area contributed by atoms with E-state index < -0.39 is 11.7 Å². The Labute approximate surface area is 237 Å². The van der Waals surface area contributed by atoms with Crippen molar-refractivity contribution in [3.8, 4) is 23.0 Å². The van der Waals surface area contributed by atoms with Gasteiger partial charge in [-0.05, 0) is 106 Å². The third-order valence-corrected chi connectivity index (χ3v) is 6.41. The van der Waals surface area contributed by atoms with Crippen LogP contribution in [-0.4, -0.2) is 45.8 Å². The van der Waals surface area contributed by atoms with Gasteiger partial charge in [0, 0.05) is 31.3 Å². The summed E-state index contributed by atoms with van der Waals surface area (Å²) in [7, 11) is 0. The number of carbonyl (C=O) groups is 2. The van der Waals surface area contributed by atoms with Crippen molar-refractivity contribution in [3.63, 3.8) is 0 Å². The highest BCUT2D eigenvalue weighted by molar-refractivity contribution is 5.76. The lowest BCUT2D eigenvalue weighted by Crippen LogP contribution is -2.37. The quantitative estimate of drug-likeness (QED) is 0.292. The maximum absolute atomic E-state index is 12.4. The highest BCUT2D eigenvalue weighted by Gasteiger charge is 2.17. The zero-order valence-corrected chi connectivity index (χ0v) is 25.1. The van der Waals surface area contributed by atoms with Crippen LogP contribution in [-0.2, 0) is 28.8 Å². The number of hydrogen-bond acceptors (Lipinski definition) is 7. The molecule has 40 heavy (non-hydrogen) atoms. The van der Waals surface area contributed by atoms with E-state index in [4.69, 9.17) is 9.26 Å². The minimum atomic E-state index is -0.556. The lowest BCUT2D eigenvalue weighted by atomic mass is 9.93. The minimum Gasteiger partial charge on any atom is -0.444 e. The second kappa shape index (κ2) is 13.5. The van der Waals surface area contributed by atoms with Crippen LogP contribution in [0.5, 0.6) is 0 Å². The van der Waals surface area contributed by atoms with E-state index in [9.17, 15) is 9.59 Å². The average Bonchev–Trinajstić information content (AvgIpc) is 3.36. The average molecular weight is 550 g/mol. The molecule has 0 bridgehead atoms. The molecule has 0 aliphatic rings.